The average molecular weight is 459 g/mol. The molecule has 32 heavy (non-hydrogen) atoms. The summed E-state index contributed by atoms with van der Waals surface area (Å²) in [5.41, 5.74) is 0.399. The number of hydrogen-bond acceptors (Lipinski definition) is 8. The molecule has 1 aromatic carbocycles. The number of nitriles is 1. The van der Waals surface area contributed by atoms with Crippen LogP contribution in [-0.2, 0) is 14.6 Å². The van der Waals surface area contributed by atoms with E-state index in [1.807, 2.05) is 9.80 Å². The molecule has 0 aliphatic carbocycles. The van der Waals surface area contributed by atoms with E-state index >= 15 is 0 Å². The van der Waals surface area contributed by atoms with E-state index in [2.05, 4.69) is 21.4 Å². The van der Waals surface area contributed by atoms with Gasteiger partial charge in [-0.2, -0.15) is 5.26 Å². The zero-order chi connectivity index (χ0) is 22.9. The van der Waals surface area contributed by atoms with Crippen molar-refractivity contribution in [3.63, 3.8) is 0 Å². The summed E-state index contributed by atoms with van der Waals surface area (Å²) in [5.74, 6) is -0.231. The number of carbonyl (C=O) groups excluding carboxylic acids is 1. The summed E-state index contributed by atoms with van der Waals surface area (Å²) in [5, 5.41) is 12.2. The van der Waals surface area contributed by atoms with Crippen molar-refractivity contribution in [3.05, 3.63) is 42.1 Å². The zero-order valence-electron chi connectivity index (χ0n) is 17.5. The molecule has 1 aromatic heterocycles. The van der Waals surface area contributed by atoms with Crippen LogP contribution in [0, 0.1) is 17.1 Å². The third-order valence-electron chi connectivity index (χ3n) is 5.93. The van der Waals surface area contributed by atoms with Gasteiger partial charge in [-0.25, -0.2) is 22.8 Å². The highest BCUT2D eigenvalue weighted by Gasteiger charge is 2.37. The Labute approximate surface area is 185 Å². The first-order valence-electron chi connectivity index (χ1n) is 10.3. The molecule has 1 atom stereocenters. The molecule has 9 nitrogen and oxygen atoms in total. The van der Waals surface area contributed by atoms with Gasteiger partial charge in [-0.15, -0.1) is 0 Å². The lowest BCUT2D eigenvalue weighted by atomic mass is 10.0. The van der Waals surface area contributed by atoms with Gasteiger partial charge in [0.15, 0.2) is 21.3 Å². The smallest absolute Gasteiger partial charge is 0.245 e. The van der Waals surface area contributed by atoms with Crippen molar-refractivity contribution in [2.45, 2.75) is 36.2 Å². The molecule has 0 spiro atoms. The molecule has 1 N–H and O–H groups in total. The first-order chi connectivity index (χ1) is 15.3. The number of rotatable bonds is 5. The van der Waals surface area contributed by atoms with Crippen molar-refractivity contribution in [3.8, 4) is 6.07 Å². The highest BCUT2D eigenvalue weighted by Crippen LogP contribution is 2.28. The fourth-order valence-electron chi connectivity index (χ4n) is 4.26. The van der Waals surface area contributed by atoms with Crippen LogP contribution in [0.3, 0.4) is 0 Å². The van der Waals surface area contributed by atoms with Crippen molar-refractivity contribution in [1.82, 2.24) is 14.9 Å². The van der Waals surface area contributed by atoms with Crippen molar-refractivity contribution >= 4 is 27.2 Å². The summed E-state index contributed by atoms with van der Waals surface area (Å²) < 4.78 is 37.6. The lowest BCUT2D eigenvalue weighted by molar-refractivity contribution is -0.130. The third kappa shape index (κ3) is 4.36. The number of hydrogen-bond donors (Lipinski definition) is 1. The molecule has 2 fully saturated rings. The summed E-state index contributed by atoms with van der Waals surface area (Å²) in [6.45, 7) is 1.88. The predicted molar refractivity (Wildman–Crippen MR) is 115 cm³/mol. The molecule has 0 saturated carbocycles. The Morgan fingerprint density at radius 1 is 1.16 bits per heavy atom. The van der Waals surface area contributed by atoms with E-state index in [-0.39, 0.29) is 28.2 Å². The van der Waals surface area contributed by atoms with E-state index in [9.17, 15) is 22.9 Å². The van der Waals surface area contributed by atoms with Crippen LogP contribution < -0.4 is 10.2 Å². The van der Waals surface area contributed by atoms with Gasteiger partial charge < -0.3 is 15.1 Å². The molecule has 4 rings (SSSR count). The van der Waals surface area contributed by atoms with E-state index in [0.29, 0.717) is 31.9 Å². The molecule has 2 aliphatic rings. The molecule has 2 aromatic rings. The zero-order valence-corrected chi connectivity index (χ0v) is 18.3. The number of likely N-dealkylation sites (tertiary alicyclic amines) is 1. The Morgan fingerprint density at radius 3 is 2.53 bits per heavy atom. The Bertz CT molecular complexity index is 1170. The molecule has 2 aliphatic heterocycles. The Hall–Kier alpha value is -3.26. The van der Waals surface area contributed by atoms with E-state index in [4.69, 9.17) is 0 Å². The third-order valence-corrected chi connectivity index (χ3v) is 7.04. The molecule has 3 heterocycles. The number of amides is 1. The Kier molecular flexibility index (Phi) is 5.97. The van der Waals surface area contributed by atoms with Gasteiger partial charge in [0.05, 0.1) is 10.6 Å². The van der Waals surface area contributed by atoms with Gasteiger partial charge in [0, 0.05) is 44.3 Å². The summed E-state index contributed by atoms with van der Waals surface area (Å²) in [6, 6.07) is 5.21. The van der Waals surface area contributed by atoms with Crippen LogP contribution in [0.5, 0.6) is 0 Å². The van der Waals surface area contributed by atoms with E-state index in [1.54, 1.807) is 6.20 Å². The molecule has 168 valence electrons. The second-order valence-corrected chi connectivity index (χ2v) is 10.0. The van der Waals surface area contributed by atoms with Crippen LogP contribution in [0.25, 0.3) is 0 Å². The topological polar surface area (TPSA) is 119 Å². The normalized spacial score (nSPS) is 19.8. The number of sulfone groups is 1. The van der Waals surface area contributed by atoms with Gasteiger partial charge in [0.25, 0.3) is 0 Å². The number of halogens is 1. The molecule has 1 unspecified atom stereocenters. The van der Waals surface area contributed by atoms with Gasteiger partial charge in [0.2, 0.25) is 5.91 Å². The Balaban J connectivity index is 1.38. The molecule has 1 amide bonds. The highest BCUT2D eigenvalue weighted by molar-refractivity contribution is 7.90. The van der Waals surface area contributed by atoms with Gasteiger partial charge in [0.1, 0.15) is 17.9 Å². The number of anilines is 2. The van der Waals surface area contributed by atoms with Crippen molar-refractivity contribution in [2.24, 2.45) is 0 Å². The summed E-state index contributed by atoms with van der Waals surface area (Å²) in [7, 11) is -3.51. The number of carbonyl (C=O) groups is 1. The van der Waals surface area contributed by atoms with Crippen molar-refractivity contribution < 1.29 is 17.6 Å². The van der Waals surface area contributed by atoms with Gasteiger partial charge in [-0.3, -0.25) is 4.79 Å². The van der Waals surface area contributed by atoms with Crippen LogP contribution in [0.4, 0.5) is 15.9 Å². The first kappa shape index (κ1) is 22.0. The van der Waals surface area contributed by atoms with E-state index < -0.39 is 21.7 Å². The highest BCUT2D eigenvalue weighted by atomic mass is 32.2. The number of piperidine rings is 1. The van der Waals surface area contributed by atoms with Gasteiger partial charge >= 0.3 is 0 Å². The van der Waals surface area contributed by atoms with E-state index in [0.717, 1.165) is 25.2 Å². The minimum atomic E-state index is -3.51. The van der Waals surface area contributed by atoms with Crippen LogP contribution in [0.15, 0.2) is 35.5 Å². The average Bonchev–Trinajstić information content (AvgIpc) is 3.14. The molecule has 2 saturated heterocycles. The first-order valence-corrected chi connectivity index (χ1v) is 12.2. The van der Waals surface area contributed by atoms with Crippen molar-refractivity contribution in [1.29, 1.82) is 5.26 Å². The maximum atomic E-state index is 14.4. The van der Waals surface area contributed by atoms with Crippen LogP contribution in [-0.4, -0.2) is 67.2 Å². The number of aromatic nitrogens is 2. The minimum Gasteiger partial charge on any atom is -0.371 e. The number of benzene rings is 1. The van der Waals surface area contributed by atoms with Gasteiger partial charge in [-0.1, -0.05) is 0 Å². The van der Waals surface area contributed by atoms with Crippen LogP contribution in [0.1, 0.15) is 25.0 Å². The maximum absolute atomic E-state index is 14.4. The Morgan fingerprint density at radius 2 is 1.88 bits per heavy atom. The second-order valence-electron chi connectivity index (χ2n) is 7.99. The fraction of sp³-hybridized carbons (Fsp3) is 0.429. The standard InChI is InChI=1S/C21H23FN6O3S/c1-32(30,31)15-2-3-17(16(22)12-15)26-18-6-11-28(21(18)29)14-4-9-27(10-5-14)20-19(13-23)24-7-8-25-20/h2-3,7-8,12,14,18,26H,4-6,9-11H2,1H3. The SMILES string of the molecule is CS(=O)(=O)c1ccc(NC2CCN(C3CCN(c4nccnc4C#N)CC3)C2=O)c(F)c1. The molecular weight excluding hydrogens is 435 g/mol. The quantitative estimate of drug-likeness (QED) is 0.717. The predicted octanol–water partition coefficient (Wildman–Crippen LogP) is 1.57. The van der Waals surface area contributed by atoms with Gasteiger partial charge in [-0.05, 0) is 37.5 Å². The number of nitrogens with one attached hydrogen (secondary N) is 1. The minimum absolute atomic E-state index is 0.0604. The monoisotopic (exact) mass is 458 g/mol. The summed E-state index contributed by atoms with van der Waals surface area (Å²) in [6.07, 6.45) is 6.07. The molecule has 0 radical (unpaired) electrons. The molecular formula is C21H23FN6O3S. The van der Waals surface area contributed by atoms with Crippen molar-refractivity contribution in [2.75, 3.05) is 36.1 Å². The maximum Gasteiger partial charge on any atom is 0.245 e. The summed E-state index contributed by atoms with van der Waals surface area (Å²) >= 11 is 0. The largest absolute Gasteiger partial charge is 0.371 e. The molecule has 0 bridgehead atoms. The molecule has 11 heteroatoms. The number of nitrogens with zero attached hydrogens (tertiary/aromatic N) is 5. The summed E-state index contributed by atoms with van der Waals surface area (Å²) in [4.78, 5) is 25.0. The fourth-order valence-corrected chi connectivity index (χ4v) is 4.89. The lowest BCUT2D eigenvalue weighted by Crippen LogP contribution is -2.47. The van der Waals surface area contributed by atoms with E-state index in [1.165, 1.54) is 18.3 Å². The van der Waals surface area contributed by atoms with Crippen LogP contribution in [0.2, 0.25) is 0 Å². The second kappa shape index (κ2) is 8.70. The van der Waals surface area contributed by atoms with Crippen LogP contribution >= 0.6 is 0 Å². The lowest BCUT2D eigenvalue weighted by Gasteiger charge is -2.37.